The maximum absolute atomic E-state index is 11.5. The Balaban J connectivity index is 2.05. The molecular formula is C13H15N3O3. The summed E-state index contributed by atoms with van der Waals surface area (Å²) in [6, 6.07) is 7.52. The lowest BCUT2D eigenvalue weighted by Gasteiger charge is -2.11. The van der Waals surface area contributed by atoms with Gasteiger partial charge in [-0.3, -0.25) is 5.32 Å². The summed E-state index contributed by atoms with van der Waals surface area (Å²) in [6.07, 6.45) is 4.75. The molecule has 0 aliphatic carbocycles. The third-order valence-corrected chi connectivity index (χ3v) is 2.47. The fourth-order valence-electron chi connectivity index (χ4n) is 1.62. The van der Waals surface area contributed by atoms with E-state index in [4.69, 9.17) is 4.74 Å². The highest BCUT2D eigenvalue weighted by Gasteiger charge is 2.07. The SMILES string of the molecule is COCOC(=O)Nc1ccccc1Cn1ccnc1. The van der Waals surface area contributed by atoms with Gasteiger partial charge in [0.1, 0.15) is 0 Å². The molecule has 0 saturated carbocycles. The first-order valence-electron chi connectivity index (χ1n) is 5.76. The van der Waals surface area contributed by atoms with Crippen LogP contribution < -0.4 is 5.32 Å². The number of benzene rings is 1. The van der Waals surface area contributed by atoms with Crippen molar-refractivity contribution in [2.45, 2.75) is 6.54 Å². The Morgan fingerprint density at radius 1 is 1.42 bits per heavy atom. The molecule has 1 heterocycles. The number of carbonyl (C=O) groups is 1. The van der Waals surface area contributed by atoms with Crippen LogP contribution in [0.4, 0.5) is 10.5 Å². The summed E-state index contributed by atoms with van der Waals surface area (Å²) in [4.78, 5) is 15.5. The monoisotopic (exact) mass is 261 g/mol. The lowest BCUT2D eigenvalue weighted by Crippen LogP contribution is -2.16. The Hall–Kier alpha value is -2.34. The predicted molar refractivity (Wildman–Crippen MR) is 69.8 cm³/mol. The topological polar surface area (TPSA) is 65.4 Å². The molecule has 0 saturated heterocycles. The molecule has 6 nitrogen and oxygen atoms in total. The molecule has 100 valence electrons. The van der Waals surface area contributed by atoms with E-state index in [1.165, 1.54) is 7.11 Å². The molecule has 6 heteroatoms. The minimum absolute atomic E-state index is 0.0739. The van der Waals surface area contributed by atoms with Gasteiger partial charge in [-0.25, -0.2) is 9.78 Å². The second kappa shape index (κ2) is 6.55. The van der Waals surface area contributed by atoms with Gasteiger partial charge in [0.15, 0.2) is 6.79 Å². The fourth-order valence-corrected chi connectivity index (χ4v) is 1.62. The highest BCUT2D eigenvalue weighted by Crippen LogP contribution is 2.16. The van der Waals surface area contributed by atoms with Crippen LogP contribution in [0.15, 0.2) is 43.0 Å². The minimum Gasteiger partial charge on any atom is -0.422 e. The van der Waals surface area contributed by atoms with E-state index < -0.39 is 6.09 Å². The van der Waals surface area contributed by atoms with E-state index in [1.807, 2.05) is 35.0 Å². The summed E-state index contributed by atoms with van der Waals surface area (Å²) in [6.45, 7) is 0.552. The largest absolute Gasteiger partial charge is 0.422 e. The number of nitrogens with zero attached hydrogens (tertiary/aromatic N) is 2. The number of methoxy groups -OCH3 is 1. The van der Waals surface area contributed by atoms with E-state index in [0.29, 0.717) is 12.2 Å². The number of hydrogen-bond acceptors (Lipinski definition) is 4. The first kappa shape index (κ1) is 13.1. The summed E-state index contributed by atoms with van der Waals surface area (Å²) in [7, 11) is 1.46. The summed E-state index contributed by atoms with van der Waals surface area (Å²) in [5.41, 5.74) is 1.67. The van der Waals surface area contributed by atoms with Gasteiger partial charge in [0, 0.05) is 25.2 Å². The van der Waals surface area contributed by atoms with Crippen LogP contribution in [-0.4, -0.2) is 29.5 Å². The summed E-state index contributed by atoms with van der Waals surface area (Å²) in [5.74, 6) is 0. The van der Waals surface area contributed by atoms with Crippen molar-refractivity contribution in [1.29, 1.82) is 0 Å². The first-order chi connectivity index (χ1) is 9.29. The van der Waals surface area contributed by atoms with Crippen LogP contribution in [0.5, 0.6) is 0 Å². The molecule has 0 fully saturated rings. The maximum atomic E-state index is 11.5. The molecule has 1 aromatic carbocycles. The number of rotatable bonds is 5. The fraction of sp³-hybridized carbons (Fsp3) is 0.231. The molecule has 1 aromatic heterocycles. The Labute approximate surface area is 111 Å². The van der Waals surface area contributed by atoms with Crippen molar-refractivity contribution >= 4 is 11.8 Å². The number of aromatic nitrogens is 2. The number of anilines is 1. The van der Waals surface area contributed by atoms with Gasteiger partial charge in [-0.1, -0.05) is 18.2 Å². The number of imidazole rings is 1. The number of carbonyl (C=O) groups excluding carboxylic acids is 1. The highest BCUT2D eigenvalue weighted by atomic mass is 16.7. The molecule has 0 aliphatic heterocycles. The molecule has 0 unspecified atom stereocenters. The van der Waals surface area contributed by atoms with Gasteiger partial charge in [-0.2, -0.15) is 0 Å². The Morgan fingerprint density at radius 2 is 2.26 bits per heavy atom. The quantitative estimate of drug-likeness (QED) is 0.837. The third kappa shape index (κ3) is 3.82. The number of nitrogens with one attached hydrogen (secondary N) is 1. The predicted octanol–water partition coefficient (Wildman–Crippen LogP) is 2.08. The summed E-state index contributed by atoms with van der Waals surface area (Å²) >= 11 is 0. The molecular weight excluding hydrogens is 246 g/mol. The zero-order valence-corrected chi connectivity index (χ0v) is 10.6. The molecule has 0 aliphatic rings. The van der Waals surface area contributed by atoms with Gasteiger partial charge in [-0.15, -0.1) is 0 Å². The van der Waals surface area contributed by atoms with E-state index in [2.05, 4.69) is 15.0 Å². The normalized spacial score (nSPS) is 10.2. The van der Waals surface area contributed by atoms with Gasteiger partial charge in [-0.05, 0) is 11.6 Å². The van der Waals surface area contributed by atoms with Crippen molar-refractivity contribution in [2.24, 2.45) is 0 Å². The highest BCUT2D eigenvalue weighted by molar-refractivity contribution is 5.85. The lowest BCUT2D eigenvalue weighted by atomic mass is 10.2. The maximum Gasteiger partial charge on any atom is 0.413 e. The Bertz CT molecular complexity index is 526. The van der Waals surface area contributed by atoms with Crippen molar-refractivity contribution < 1.29 is 14.3 Å². The molecule has 0 spiro atoms. The zero-order chi connectivity index (χ0) is 13.5. The number of amides is 1. The van der Waals surface area contributed by atoms with Crippen LogP contribution in [0, 0.1) is 0 Å². The minimum atomic E-state index is -0.542. The van der Waals surface area contributed by atoms with Crippen molar-refractivity contribution in [3.8, 4) is 0 Å². The molecule has 1 N–H and O–H groups in total. The van der Waals surface area contributed by atoms with Crippen LogP contribution >= 0.6 is 0 Å². The Kier molecular flexibility index (Phi) is 4.52. The van der Waals surface area contributed by atoms with Crippen molar-refractivity contribution in [2.75, 3.05) is 19.2 Å². The summed E-state index contributed by atoms with van der Waals surface area (Å²) in [5, 5.41) is 2.68. The molecule has 0 bridgehead atoms. The number of ether oxygens (including phenoxy) is 2. The van der Waals surface area contributed by atoms with Gasteiger partial charge in [0.2, 0.25) is 0 Å². The van der Waals surface area contributed by atoms with Crippen LogP contribution in [-0.2, 0) is 16.0 Å². The second-order valence-corrected chi connectivity index (χ2v) is 3.86. The van der Waals surface area contributed by atoms with Crippen LogP contribution in [0.25, 0.3) is 0 Å². The van der Waals surface area contributed by atoms with Gasteiger partial charge in [0.05, 0.1) is 12.9 Å². The van der Waals surface area contributed by atoms with E-state index in [1.54, 1.807) is 12.5 Å². The second-order valence-electron chi connectivity index (χ2n) is 3.86. The molecule has 0 radical (unpaired) electrons. The van der Waals surface area contributed by atoms with Crippen LogP contribution in [0.3, 0.4) is 0 Å². The molecule has 2 aromatic rings. The Morgan fingerprint density at radius 3 is 3.00 bits per heavy atom. The molecule has 0 atom stereocenters. The third-order valence-electron chi connectivity index (χ3n) is 2.47. The summed E-state index contributed by atoms with van der Waals surface area (Å²) < 4.78 is 11.4. The lowest BCUT2D eigenvalue weighted by molar-refractivity contribution is 0.0183. The van der Waals surface area contributed by atoms with E-state index in [-0.39, 0.29) is 6.79 Å². The first-order valence-corrected chi connectivity index (χ1v) is 5.76. The van der Waals surface area contributed by atoms with Crippen molar-refractivity contribution in [3.63, 3.8) is 0 Å². The standard InChI is InChI=1S/C13H15N3O3/c1-18-10-19-13(17)15-12-5-3-2-4-11(12)8-16-7-6-14-9-16/h2-7,9H,8,10H2,1H3,(H,15,17). The van der Waals surface area contributed by atoms with Crippen molar-refractivity contribution in [1.82, 2.24) is 9.55 Å². The molecule has 19 heavy (non-hydrogen) atoms. The van der Waals surface area contributed by atoms with Gasteiger partial charge < -0.3 is 14.0 Å². The number of para-hydroxylation sites is 1. The number of hydrogen-bond donors (Lipinski definition) is 1. The van der Waals surface area contributed by atoms with E-state index >= 15 is 0 Å². The van der Waals surface area contributed by atoms with Crippen LogP contribution in [0.2, 0.25) is 0 Å². The zero-order valence-electron chi connectivity index (χ0n) is 10.6. The van der Waals surface area contributed by atoms with Gasteiger partial charge >= 0.3 is 6.09 Å². The average Bonchev–Trinajstić information content (AvgIpc) is 2.91. The van der Waals surface area contributed by atoms with E-state index in [0.717, 1.165) is 5.56 Å². The molecule has 1 amide bonds. The van der Waals surface area contributed by atoms with Crippen LogP contribution in [0.1, 0.15) is 5.56 Å². The van der Waals surface area contributed by atoms with E-state index in [9.17, 15) is 4.79 Å². The average molecular weight is 261 g/mol. The smallest absolute Gasteiger partial charge is 0.413 e. The van der Waals surface area contributed by atoms with Gasteiger partial charge in [0.25, 0.3) is 0 Å². The van der Waals surface area contributed by atoms with Crippen molar-refractivity contribution in [3.05, 3.63) is 48.5 Å². The molecule has 2 rings (SSSR count).